The minimum absolute atomic E-state index is 0.0875. The molecule has 2 heteroatoms. The van der Waals surface area contributed by atoms with Gasteiger partial charge in [-0.1, -0.05) is 18.2 Å². The average Bonchev–Trinajstić information content (AvgIpc) is 2.02. The van der Waals surface area contributed by atoms with Crippen LogP contribution in [0, 0.1) is 0 Å². The zero-order valence-electron chi connectivity index (χ0n) is 7.78. The first-order chi connectivity index (χ1) is 5.58. The number of hydrogen-bond donors (Lipinski definition) is 0. The lowest BCUT2D eigenvalue weighted by atomic mass is 10.1. The van der Waals surface area contributed by atoms with E-state index in [-0.39, 0.29) is 5.54 Å². The Morgan fingerprint density at radius 3 is 2.08 bits per heavy atom. The van der Waals surface area contributed by atoms with Gasteiger partial charge in [-0.05, 0) is 32.9 Å². The molecule has 0 bridgehead atoms. The summed E-state index contributed by atoms with van der Waals surface area (Å²) in [5.41, 5.74) is 0.822. The molecule has 0 N–H and O–H groups in total. The van der Waals surface area contributed by atoms with Gasteiger partial charge < -0.3 is 0 Å². The van der Waals surface area contributed by atoms with Crippen LogP contribution in [0.1, 0.15) is 20.8 Å². The van der Waals surface area contributed by atoms with E-state index < -0.39 is 0 Å². The average molecular weight is 162 g/mol. The van der Waals surface area contributed by atoms with E-state index in [4.69, 9.17) is 0 Å². The molecule has 0 aliphatic rings. The van der Waals surface area contributed by atoms with Crippen LogP contribution in [0.3, 0.4) is 0 Å². The third-order valence-corrected chi connectivity index (χ3v) is 1.22. The normalized spacial score (nSPS) is 12.2. The monoisotopic (exact) mass is 162 g/mol. The van der Waals surface area contributed by atoms with E-state index in [0.29, 0.717) is 0 Å². The maximum Gasteiger partial charge on any atom is 0.0852 e. The molecule has 0 aliphatic heterocycles. The highest BCUT2D eigenvalue weighted by Gasteiger charge is 2.05. The van der Waals surface area contributed by atoms with Crippen LogP contribution in [-0.2, 0) is 0 Å². The Kier molecular flexibility index (Phi) is 2.58. The Labute approximate surface area is 73.3 Å². The quantitative estimate of drug-likeness (QED) is 0.564. The zero-order chi connectivity index (χ0) is 9.03. The molecule has 0 saturated carbocycles. The summed E-state index contributed by atoms with van der Waals surface area (Å²) in [7, 11) is 0. The molecule has 1 aromatic rings. The lowest BCUT2D eigenvalue weighted by molar-refractivity contribution is 0.552. The first-order valence-electron chi connectivity index (χ1n) is 4.06. The number of benzene rings is 1. The predicted octanol–water partition coefficient (Wildman–Crippen LogP) is 3.57. The van der Waals surface area contributed by atoms with Crippen LogP contribution in [0.15, 0.2) is 40.6 Å². The largest absolute Gasteiger partial charge is 0.183 e. The highest BCUT2D eigenvalue weighted by atomic mass is 15.1. The van der Waals surface area contributed by atoms with Gasteiger partial charge in [-0.3, -0.25) is 0 Å². The van der Waals surface area contributed by atoms with E-state index in [2.05, 4.69) is 10.2 Å². The molecule has 1 aromatic carbocycles. The summed E-state index contributed by atoms with van der Waals surface area (Å²) in [5, 5.41) is 8.25. The molecule has 0 aliphatic carbocycles. The standard InChI is InChI=1S/C10H14N2/c1-10(2,3)12-11-9-7-5-4-6-8-9/h4-8H,1-3H3/b12-11-. The number of azo groups is 1. The molecule has 0 amide bonds. The fourth-order valence-corrected chi connectivity index (χ4v) is 0.702. The SMILES string of the molecule is CC(C)(C)/N=N\c1ccccc1. The van der Waals surface area contributed by atoms with Gasteiger partial charge in [0.15, 0.2) is 0 Å². The van der Waals surface area contributed by atoms with E-state index in [9.17, 15) is 0 Å². The van der Waals surface area contributed by atoms with Crippen molar-refractivity contribution in [2.75, 3.05) is 0 Å². The zero-order valence-corrected chi connectivity index (χ0v) is 7.78. The second-order valence-corrected chi connectivity index (χ2v) is 3.71. The van der Waals surface area contributed by atoms with Crippen LogP contribution in [0.5, 0.6) is 0 Å². The Morgan fingerprint density at radius 2 is 1.58 bits per heavy atom. The van der Waals surface area contributed by atoms with Crippen LogP contribution in [0.4, 0.5) is 5.69 Å². The van der Waals surface area contributed by atoms with E-state index in [1.807, 2.05) is 51.1 Å². The fourth-order valence-electron chi connectivity index (χ4n) is 0.702. The number of nitrogens with zero attached hydrogens (tertiary/aromatic N) is 2. The second-order valence-electron chi connectivity index (χ2n) is 3.71. The van der Waals surface area contributed by atoms with Crippen molar-refractivity contribution < 1.29 is 0 Å². The van der Waals surface area contributed by atoms with Gasteiger partial charge in [0.1, 0.15) is 0 Å². The Balaban J connectivity index is 2.71. The van der Waals surface area contributed by atoms with Gasteiger partial charge in [-0.15, -0.1) is 0 Å². The van der Waals surface area contributed by atoms with Gasteiger partial charge in [-0.2, -0.15) is 10.2 Å². The van der Waals surface area contributed by atoms with E-state index in [1.54, 1.807) is 0 Å². The molecule has 0 saturated heterocycles. The van der Waals surface area contributed by atoms with Crippen molar-refractivity contribution >= 4 is 5.69 Å². The van der Waals surface area contributed by atoms with Crippen LogP contribution in [0.25, 0.3) is 0 Å². The minimum atomic E-state index is -0.0875. The van der Waals surface area contributed by atoms with Crippen LogP contribution >= 0.6 is 0 Å². The summed E-state index contributed by atoms with van der Waals surface area (Å²) in [5.74, 6) is 0. The second kappa shape index (κ2) is 3.48. The van der Waals surface area contributed by atoms with Crippen molar-refractivity contribution in [2.45, 2.75) is 26.3 Å². The number of rotatable bonds is 1. The summed E-state index contributed by atoms with van der Waals surface area (Å²) in [6.45, 7) is 6.08. The molecule has 0 heterocycles. The smallest absolute Gasteiger partial charge is 0.0852 e. The molecule has 0 atom stereocenters. The maximum atomic E-state index is 4.15. The van der Waals surface area contributed by atoms with Crippen molar-refractivity contribution in [1.82, 2.24) is 0 Å². The van der Waals surface area contributed by atoms with Crippen molar-refractivity contribution in [1.29, 1.82) is 0 Å². The van der Waals surface area contributed by atoms with Crippen molar-refractivity contribution in [3.63, 3.8) is 0 Å². The van der Waals surface area contributed by atoms with Gasteiger partial charge in [-0.25, -0.2) is 0 Å². The topological polar surface area (TPSA) is 24.7 Å². The first-order valence-corrected chi connectivity index (χ1v) is 4.06. The van der Waals surface area contributed by atoms with Gasteiger partial charge in [0, 0.05) is 0 Å². The van der Waals surface area contributed by atoms with E-state index >= 15 is 0 Å². The third kappa shape index (κ3) is 3.28. The molecule has 0 unspecified atom stereocenters. The fraction of sp³-hybridized carbons (Fsp3) is 0.400. The predicted molar refractivity (Wildman–Crippen MR) is 50.7 cm³/mol. The first kappa shape index (κ1) is 8.91. The highest BCUT2D eigenvalue weighted by Crippen LogP contribution is 2.15. The molecule has 0 fully saturated rings. The Bertz CT molecular complexity index is 257. The molecule has 2 nitrogen and oxygen atoms in total. The van der Waals surface area contributed by atoms with Crippen molar-refractivity contribution in [3.8, 4) is 0 Å². The van der Waals surface area contributed by atoms with Crippen LogP contribution in [-0.4, -0.2) is 5.54 Å². The lowest BCUT2D eigenvalue weighted by Gasteiger charge is -2.08. The summed E-state index contributed by atoms with van der Waals surface area (Å²) in [6, 6.07) is 9.76. The summed E-state index contributed by atoms with van der Waals surface area (Å²) < 4.78 is 0. The Morgan fingerprint density at radius 1 is 1.00 bits per heavy atom. The van der Waals surface area contributed by atoms with E-state index in [0.717, 1.165) is 5.69 Å². The molecular weight excluding hydrogens is 148 g/mol. The molecule has 0 radical (unpaired) electrons. The van der Waals surface area contributed by atoms with Gasteiger partial charge >= 0.3 is 0 Å². The highest BCUT2D eigenvalue weighted by molar-refractivity contribution is 5.34. The van der Waals surface area contributed by atoms with Gasteiger partial charge in [0.05, 0.1) is 11.2 Å². The van der Waals surface area contributed by atoms with E-state index in [1.165, 1.54) is 0 Å². The lowest BCUT2D eigenvalue weighted by Crippen LogP contribution is -2.07. The molecule has 1 rings (SSSR count). The maximum absolute atomic E-state index is 4.15. The summed E-state index contributed by atoms with van der Waals surface area (Å²) in [4.78, 5) is 0. The molecule has 12 heavy (non-hydrogen) atoms. The Hall–Kier alpha value is -1.18. The van der Waals surface area contributed by atoms with Crippen LogP contribution < -0.4 is 0 Å². The minimum Gasteiger partial charge on any atom is -0.183 e. The molecule has 64 valence electrons. The van der Waals surface area contributed by atoms with Crippen molar-refractivity contribution in [3.05, 3.63) is 30.3 Å². The van der Waals surface area contributed by atoms with Gasteiger partial charge in [0.2, 0.25) is 0 Å². The third-order valence-electron chi connectivity index (χ3n) is 1.22. The molecule has 0 spiro atoms. The molecular formula is C10H14N2. The van der Waals surface area contributed by atoms with Gasteiger partial charge in [0.25, 0.3) is 0 Å². The van der Waals surface area contributed by atoms with Crippen LogP contribution in [0.2, 0.25) is 0 Å². The molecule has 0 aromatic heterocycles. The summed E-state index contributed by atoms with van der Waals surface area (Å²) >= 11 is 0. The number of hydrogen-bond acceptors (Lipinski definition) is 2. The summed E-state index contributed by atoms with van der Waals surface area (Å²) in [6.07, 6.45) is 0. The van der Waals surface area contributed by atoms with Crippen molar-refractivity contribution in [2.24, 2.45) is 10.2 Å².